The molecule has 0 aliphatic rings. The summed E-state index contributed by atoms with van der Waals surface area (Å²) in [6.07, 6.45) is 1.05. The molecule has 0 heterocycles. The number of benzene rings is 1. The van der Waals surface area contributed by atoms with Gasteiger partial charge in [0, 0.05) is 24.2 Å². The summed E-state index contributed by atoms with van der Waals surface area (Å²) in [4.78, 5) is 11.6. The number of rotatable bonds is 6. The number of nitrogens with two attached hydrogens (primary N) is 1. The second-order valence-corrected chi connectivity index (χ2v) is 3.90. The molecule has 0 radical (unpaired) electrons. The van der Waals surface area contributed by atoms with Crippen LogP contribution in [0.15, 0.2) is 24.3 Å². The third-order valence-electron chi connectivity index (χ3n) is 2.39. The third kappa shape index (κ3) is 4.85. The van der Waals surface area contributed by atoms with Crippen LogP contribution in [0.2, 0.25) is 0 Å². The Hall–Kier alpha value is -2.06. The van der Waals surface area contributed by atoms with Crippen molar-refractivity contribution in [2.75, 3.05) is 11.9 Å². The smallest absolute Gasteiger partial charge is 0.225 e. The van der Waals surface area contributed by atoms with Crippen LogP contribution in [0, 0.1) is 11.3 Å². The summed E-state index contributed by atoms with van der Waals surface area (Å²) in [5.74, 6) is 0.427. The van der Waals surface area contributed by atoms with Crippen molar-refractivity contribution in [1.29, 1.82) is 5.26 Å². The molecular formula is C13H17N3O2. The maximum atomic E-state index is 11.6. The summed E-state index contributed by atoms with van der Waals surface area (Å²) in [5, 5.41) is 11.2. The lowest BCUT2D eigenvalue weighted by Gasteiger charge is -2.10. The summed E-state index contributed by atoms with van der Waals surface area (Å²) in [5.41, 5.74) is 6.34. The minimum absolute atomic E-state index is 0.0158. The average molecular weight is 247 g/mol. The van der Waals surface area contributed by atoms with Crippen LogP contribution >= 0.6 is 0 Å². The lowest BCUT2D eigenvalue weighted by Crippen LogP contribution is -2.26. The Kier molecular flexibility index (Phi) is 5.68. The van der Waals surface area contributed by atoms with Gasteiger partial charge >= 0.3 is 0 Å². The molecule has 1 amide bonds. The summed E-state index contributed by atoms with van der Waals surface area (Å²) in [6, 6.07) is 8.67. The van der Waals surface area contributed by atoms with Gasteiger partial charge in [-0.2, -0.15) is 5.26 Å². The Bertz CT molecular complexity index is 440. The Morgan fingerprint density at radius 1 is 1.61 bits per heavy atom. The molecule has 0 bridgehead atoms. The molecule has 1 aromatic rings. The van der Waals surface area contributed by atoms with Crippen LogP contribution < -0.4 is 15.8 Å². The van der Waals surface area contributed by atoms with Crippen molar-refractivity contribution < 1.29 is 9.53 Å². The van der Waals surface area contributed by atoms with E-state index in [2.05, 4.69) is 5.32 Å². The van der Waals surface area contributed by atoms with Crippen LogP contribution in [-0.2, 0) is 4.79 Å². The quantitative estimate of drug-likeness (QED) is 0.800. The summed E-state index contributed by atoms with van der Waals surface area (Å²) < 4.78 is 5.14. The number of carbonyl (C=O) groups excluding carboxylic acids is 1. The molecule has 1 unspecified atom stereocenters. The van der Waals surface area contributed by atoms with Gasteiger partial charge in [-0.3, -0.25) is 4.79 Å². The first-order valence-electron chi connectivity index (χ1n) is 5.81. The molecule has 0 aliphatic heterocycles. The van der Waals surface area contributed by atoms with Gasteiger partial charge in [0.2, 0.25) is 5.91 Å². The topological polar surface area (TPSA) is 88.1 Å². The minimum atomic E-state index is -0.123. The molecule has 1 atom stereocenters. The zero-order chi connectivity index (χ0) is 13.4. The highest BCUT2D eigenvalue weighted by Gasteiger charge is 2.08. The fourth-order valence-electron chi connectivity index (χ4n) is 1.37. The van der Waals surface area contributed by atoms with Gasteiger partial charge in [0.05, 0.1) is 0 Å². The Morgan fingerprint density at radius 2 is 2.39 bits per heavy atom. The van der Waals surface area contributed by atoms with Crippen LogP contribution in [0.5, 0.6) is 5.75 Å². The van der Waals surface area contributed by atoms with Crippen molar-refractivity contribution in [3.8, 4) is 11.8 Å². The second-order valence-electron chi connectivity index (χ2n) is 3.90. The highest BCUT2D eigenvalue weighted by atomic mass is 16.5. The van der Waals surface area contributed by atoms with Crippen LogP contribution in [0.4, 0.5) is 5.69 Å². The van der Waals surface area contributed by atoms with Crippen molar-refractivity contribution >= 4 is 11.6 Å². The molecule has 1 aromatic carbocycles. The van der Waals surface area contributed by atoms with E-state index in [-0.39, 0.29) is 18.6 Å². The Labute approximate surface area is 107 Å². The Morgan fingerprint density at radius 3 is 3.06 bits per heavy atom. The van der Waals surface area contributed by atoms with Gasteiger partial charge in [0.1, 0.15) is 11.8 Å². The van der Waals surface area contributed by atoms with Gasteiger partial charge in [-0.05, 0) is 18.6 Å². The highest BCUT2D eigenvalue weighted by Crippen LogP contribution is 2.17. The SMILES string of the molecule is CCC(N)CC(=O)Nc1cccc(OCC#N)c1. The highest BCUT2D eigenvalue weighted by molar-refractivity contribution is 5.91. The molecule has 18 heavy (non-hydrogen) atoms. The molecule has 5 nitrogen and oxygen atoms in total. The number of amides is 1. The normalized spacial score (nSPS) is 11.4. The Balaban J connectivity index is 2.56. The monoisotopic (exact) mass is 247 g/mol. The number of carbonyl (C=O) groups is 1. The van der Waals surface area contributed by atoms with Crippen LogP contribution in [-0.4, -0.2) is 18.6 Å². The van der Waals surface area contributed by atoms with E-state index in [4.69, 9.17) is 15.7 Å². The van der Waals surface area contributed by atoms with Crippen molar-refractivity contribution in [2.45, 2.75) is 25.8 Å². The lowest BCUT2D eigenvalue weighted by atomic mass is 10.1. The molecule has 0 fully saturated rings. The van der Waals surface area contributed by atoms with Crippen molar-refractivity contribution in [3.05, 3.63) is 24.3 Å². The molecular weight excluding hydrogens is 230 g/mol. The minimum Gasteiger partial charge on any atom is -0.479 e. The van der Waals surface area contributed by atoms with Crippen LogP contribution in [0.1, 0.15) is 19.8 Å². The van der Waals surface area contributed by atoms with E-state index in [1.807, 2.05) is 13.0 Å². The van der Waals surface area contributed by atoms with E-state index < -0.39 is 0 Å². The second kappa shape index (κ2) is 7.30. The van der Waals surface area contributed by atoms with Crippen molar-refractivity contribution in [1.82, 2.24) is 0 Å². The molecule has 0 aliphatic carbocycles. The molecule has 1 rings (SSSR count). The van der Waals surface area contributed by atoms with E-state index in [0.29, 0.717) is 17.9 Å². The van der Waals surface area contributed by atoms with Gasteiger partial charge in [-0.1, -0.05) is 13.0 Å². The van der Waals surface area contributed by atoms with Gasteiger partial charge in [-0.25, -0.2) is 0 Å². The zero-order valence-electron chi connectivity index (χ0n) is 10.3. The molecule has 0 saturated carbocycles. The number of hydrogen-bond acceptors (Lipinski definition) is 4. The van der Waals surface area contributed by atoms with Crippen LogP contribution in [0.3, 0.4) is 0 Å². The number of ether oxygens (including phenoxy) is 1. The predicted octanol–water partition coefficient (Wildman–Crippen LogP) is 1.65. The zero-order valence-corrected chi connectivity index (χ0v) is 10.3. The van der Waals surface area contributed by atoms with E-state index >= 15 is 0 Å². The van der Waals surface area contributed by atoms with E-state index in [1.165, 1.54) is 0 Å². The van der Waals surface area contributed by atoms with Gasteiger partial charge in [-0.15, -0.1) is 0 Å². The fourth-order valence-corrected chi connectivity index (χ4v) is 1.37. The summed E-state index contributed by atoms with van der Waals surface area (Å²) in [6.45, 7) is 1.92. The molecule has 5 heteroatoms. The lowest BCUT2D eigenvalue weighted by molar-refractivity contribution is -0.116. The van der Waals surface area contributed by atoms with E-state index in [1.54, 1.807) is 24.3 Å². The summed E-state index contributed by atoms with van der Waals surface area (Å²) >= 11 is 0. The van der Waals surface area contributed by atoms with E-state index in [0.717, 1.165) is 6.42 Å². The standard InChI is InChI=1S/C13H17N3O2/c1-2-10(15)8-13(17)16-11-4-3-5-12(9-11)18-7-6-14/h3-5,9-10H,2,7-8,15H2,1H3,(H,16,17). The van der Waals surface area contributed by atoms with Crippen molar-refractivity contribution in [3.63, 3.8) is 0 Å². The number of nitriles is 1. The van der Waals surface area contributed by atoms with Gasteiger partial charge in [0.15, 0.2) is 6.61 Å². The first-order valence-corrected chi connectivity index (χ1v) is 5.81. The predicted molar refractivity (Wildman–Crippen MR) is 69.1 cm³/mol. The largest absolute Gasteiger partial charge is 0.479 e. The van der Waals surface area contributed by atoms with Gasteiger partial charge < -0.3 is 15.8 Å². The maximum absolute atomic E-state index is 11.6. The molecule has 0 spiro atoms. The molecule has 3 N–H and O–H groups in total. The average Bonchev–Trinajstić information content (AvgIpc) is 2.36. The molecule has 0 aromatic heterocycles. The van der Waals surface area contributed by atoms with E-state index in [9.17, 15) is 4.79 Å². The fraction of sp³-hybridized carbons (Fsp3) is 0.385. The van der Waals surface area contributed by atoms with Gasteiger partial charge in [0.25, 0.3) is 0 Å². The molecule has 96 valence electrons. The molecule has 0 saturated heterocycles. The number of nitrogens with zero attached hydrogens (tertiary/aromatic N) is 1. The van der Waals surface area contributed by atoms with Crippen LogP contribution in [0.25, 0.3) is 0 Å². The summed E-state index contributed by atoms with van der Waals surface area (Å²) in [7, 11) is 0. The first kappa shape index (κ1) is 14.0. The first-order chi connectivity index (χ1) is 8.65. The number of anilines is 1. The maximum Gasteiger partial charge on any atom is 0.225 e. The third-order valence-corrected chi connectivity index (χ3v) is 2.39. The number of nitrogens with one attached hydrogen (secondary N) is 1. The number of hydrogen-bond donors (Lipinski definition) is 2. The van der Waals surface area contributed by atoms with Crippen molar-refractivity contribution in [2.24, 2.45) is 5.73 Å².